The van der Waals surface area contributed by atoms with Crippen LogP contribution in [0, 0.1) is 0 Å². The molecule has 4 rings (SSSR count). The highest BCUT2D eigenvalue weighted by atomic mass is 16.5. The third-order valence-corrected chi connectivity index (χ3v) is 5.25. The molecule has 7 heteroatoms. The molecule has 1 fully saturated rings. The molecule has 1 aromatic heterocycles. The Morgan fingerprint density at radius 3 is 2.59 bits per heavy atom. The molecule has 164 valence electrons. The van der Waals surface area contributed by atoms with E-state index in [0.717, 1.165) is 22.7 Å². The Balaban J connectivity index is 1.25. The highest BCUT2D eigenvalue weighted by molar-refractivity contribution is 5.97. The molecule has 1 atom stereocenters. The highest BCUT2D eigenvalue weighted by Gasteiger charge is 2.30. The number of pyridine rings is 1. The number of aliphatic imine (C=N–C) groups is 1. The first-order valence-electron chi connectivity index (χ1n) is 10.7. The first-order chi connectivity index (χ1) is 15.7. The van der Waals surface area contributed by atoms with Crippen molar-refractivity contribution >= 4 is 17.6 Å². The maximum atomic E-state index is 12.4. The van der Waals surface area contributed by atoms with Gasteiger partial charge >= 0.3 is 0 Å². The second-order valence-electron chi connectivity index (χ2n) is 7.56. The largest absolute Gasteiger partial charge is 0.487 e. The quantitative estimate of drug-likeness (QED) is 0.446. The minimum absolute atomic E-state index is 0.0104. The van der Waals surface area contributed by atoms with Crippen LogP contribution in [0.25, 0.3) is 0 Å². The molecule has 0 bridgehead atoms. The number of carbonyl (C=O) groups is 1. The molecule has 1 aliphatic rings. The fraction of sp³-hybridized carbons (Fsp3) is 0.240. The Hall–Kier alpha value is -3.87. The number of nitrogens with one attached hydrogen (secondary N) is 2. The Labute approximate surface area is 188 Å². The van der Waals surface area contributed by atoms with E-state index in [1.54, 1.807) is 13.2 Å². The van der Waals surface area contributed by atoms with E-state index < -0.39 is 0 Å². The Morgan fingerprint density at radius 2 is 1.88 bits per heavy atom. The fourth-order valence-corrected chi connectivity index (χ4v) is 3.58. The van der Waals surface area contributed by atoms with Crippen molar-refractivity contribution in [1.29, 1.82) is 0 Å². The number of rotatable bonds is 7. The number of hydrogen-bond donors (Lipinski definition) is 2. The van der Waals surface area contributed by atoms with Crippen molar-refractivity contribution in [3.8, 4) is 5.75 Å². The average Bonchev–Trinajstić information content (AvgIpc) is 3.22. The molecule has 2 N–H and O–H groups in total. The topological polar surface area (TPSA) is 78.9 Å². The summed E-state index contributed by atoms with van der Waals surface area (Å²) in [7, 11) is 1.73. The summed E-state index contributed by atoms with van der Waals surface area (Å²) >= 11 is 0. The van der Waals surface area contributed by atoms with Crippen LogP contribution in [-0.2, 0) is 17.9 Å². The van der Waals surface area contributed by atoms with Gasteiger partial charge in [-0.1, -0.05) is 36.4 Å². The van der Waals surface area contributed by atoms with Gasteiger partial charge in [-0.25, -0.2) is 0 Å². The van der Waals surface area contributed by atoms with Crippen molar-refractivity contribution in [2.24, 2.45) is 4.99 Å². The summed E-state index contributed by atoms with van der Waals surface area (Å²) in [5.41, 5.74) is 2.92. The zero-order valence-corrected chi connectivity index (χ0v) is 18.1. The van der Waals surface area contributed by atoms with Crippen LogP contribution in [0.1, 0.15) is 17.7 Å². The first-order valence-corrected chi connectivity index (χ1v) is 10.7. The minimum atomic E-state index is 0.0104. The number of amides is 1. The number of ether oxygens (including phenoxy) is 1. The van der Waals surface area contributed by atoms with Crippen molar-refractivity contribution in [2.75, 3.05) is 18.5 Å². The summed E-state index contributed by atoms with van der Waals surface area (Å²) in [6, 6.07) is 23.5. The van der Waals surface area contributed by atoms with Gasteiger partial charge in [0.25, 0.3) is 0 Å². The lowest BCUT2D eigenvalue weighted by molar-refractivity contribution is -0.117. The van der Waals surface area contributed by atoms with E-state index in [1.807, 2.05) is 77.7 Å². The van der Waals surface area contributed by atoms with Crippen molar-refractivity contribution in [2.45, 2.75) is 25.6 Å². The number of para-hydroxylation sites is 1. The van der Waals surface area contributed by atoms with Gasteiger partial charge in [0.2, 0.25) is 5.91 Å². The van der Waals surface area contributed by atoms with E-state index >= 15 is 0 Å². The normalized spacial score (nSPS) is 16.2. The SMILES string of the molecule is CN=C(NCc1ccc(OCc2ccccn2)cc1)NC1CC(=O)N(c2ccccc2)C1. The number of aromatic nitrogens is 1. The van der Waals surface area contributed by atoms with Gasteiger partial charge in [-0.15, -0.1) is 0 Å². The van der Waals surface area contributed by atoms with E-state index in [-0.39, 0.29) is 11.9 Å². The summed E-state index contributed by atoms with van der Waals surface area (Å²) in [6.45, 7) is 1.67. The predicted molar refractivity (Wildman–Crippen MR) is 126 cm³/mol. The highest BCUT2D eigenvalue weighted by Crippen LogP contribution is 2.21. The molecular weight excluding hydrogens is 402 g/mol. The molecular formula is C25H27N5O2. The molecule has 3 aromatic rings. The molecule has 1 unspecified atom stereocenters. The zero-order chi connectivity index (χ0) is 22.2. The second kappa shape index (κ2) is 10.4. The average molecular weight is 430 g/mol. The molecule has 2 heterocycles. The molecule has 2 aromatic carbocycles. The van der Waals surface area contributed by atoms with Crippen LogP contribution in [0.4, 0.5) is 5.69 Å². The number of carbonyl (C=O) groups excluding carboxylic acids is 1. The second-order valence-corrected chi connectivity index (χ2v) is 7.56. The van der Waals surface area contributed by atoms with Gasteiger partial charge in [-0.3, -0.25) is 14.8 Å². The molecule has 1 amide bonds. The van der Waals surface area contributed by atoms with Crippen LogP contribution in [-0.4, -0.2) is 36.5 Å². The lowest BCUT2D eigenvalue weighted by Crippen LogP contribution is -2.44. The van der Waals surface area contributed by atoms with Crippen LogP contribution in [0.3, 0.4) is 0 Å². The number of guanidine groups is 1. The van der Waals surface area contributed by atoms with E-state index in [1.165, 1.54) is 0 Å². The first kappa shape index (κ1) is 21.4. The maximum absolute atomic E-state index is 12.4. The van der Waals surface area contributed by atoms with Gasteiger partial charge in [-0.2, -0.15) is 0 Å². The predicted octanol–water partition coefficient (Wildman–Crippen LogP) is 3.13. The lowest BCUT2D eigenvalue weighted by Gasteiger charge is -2.19. The van der Waals surface area contributed by atoms with Gasteiger partial charge in [-0.05, 0) is 42.0 Å². The molecule has 7 nitrogen and oxygen atoms in total. The van der Waals surface area contributed by atoms with E-state index in [2.05, 4.69) is 20.6 Å². The van der Waals surface area contributed by atoms with Crippen LogP contribution >= 0.6 is 0 Å². The Bertz CT molecular complexity index is 1040. The number of nitrogens with zero attached hydrogens (tertiary/aromatic N) is 3. The van der Waals surface area contributed by atoms with Gasteiger partial charge in [0, 0.05) is 38.4 Å². The van der Waals surface area contributed by atoms with Crippen LogP contribution in [0.2, 0.25) is 0 Å². The smallest absolute Gasteiger partial charge is 0.229 e. The Kier molecular flexibility index (Phi) is 6.97. The monoisotopic (exact) mass is 429 g/mol. The van der Waals surface area contributed by atoms with E-state index in [4.69, 9.17) is 4.74 Å². The third kappa shape index (κ3) is 5.63. The molecule has 1 saturated heterocycles. The molecule has 32 heavy (non-hydrogen) atoms. The number of hydrogen-bond acceptors (Lipinski definition) is 4. The van der Waals surface area contributed by atoms with Crippen LogP contribution in [0.5, 0.6) is 5.75 Å². The fourth-order valence-electron chi connectivity index (χ4n) is 3.58. The van der Waals surface area contributed by atoms with E-state index in [9.17, 15) is 4.79 Å². The summed E-state index contributed by atoms with van der Waals surface area (Å²) in [5.74, 6) is 1.59. The standard InChI is InChI=1S/C25H27N5O2/c1-26-25(29-21-15-24(31)30(17-21)22-8-3-2-4-9-22)28-16-19-10-12-23(13-11-19)32-18-20-7-5-6-14-27-20/h2-14,21H,15-18H2,1H3,(H2,26,28,29). The lowest BCUT2D eigenvalue weighted by atomic mass is 10.2. The van der Waals surface area contributed by atoms with Crippen molar-refractivity contribution in [3.63, 3.8) is 0 Å². The van der Waals surface area contributed by atoms with Crippen molar-refractivity contribution in [3.05, 3.63) is 90.3 Å². The Morgan fingerprint density at radius 1 is 1.09 bits per heavy atom. The number of anilines is 1. The summed E-state index contributed by atoms with van der Waals surface area (Å²) < 4.78 is 5.78. The third-order valence-electron chi connectivity index (χ3n) is 5.25. The molecule has 0 saturated carbocycles. The van der Waals surface area contributed by atoms with Gasteiger partial charge in [0.1, 0.15) is 12.4 Å². The molecule has 0 radical (unpaired) electrons. The van der Waals surface area contributed by atoms with Crippen molar-refractivity contribution in [1.82, 2.24) is 15.6 Å². The summed E-state index contributed by atoms with van der Waals surface area (Å²) in [4.78, 5) is 22.8. The van der Waals surface area contributed by atoms with Crippen molar-refractivity contribution < 1.29 is 9.53 Å². The van der Waals surface area contributed by atoms with Gasteiger partial charge < -0.3 is 20.3 Å². The molecule has 0 spiro atoms. The van der Waals surface area contributed by atoms with Gasteiger partial charge in [0.15, 0.2) is 5.96 Å². The summed E-state index contributed by atoms with van der Waals surface area (Å²) in [5, 5.41) is 6.68. The number of benzene rings is 2. The summed E-state index contributed by atoms with van der Waals surface area (Å²) in [6.07, 6.45) is 2.20. The molecule has 0 aliphatic carbocycles. The molecule has 1 aliphatic heterocycles. The van der Waals surface area contributed by atoms with E-state index in [0.29, 0.717) is 32.1 Å². The van der Waals surface area contributed by atoms with Crippen LogP contribution in [0.15, 0.2) is 84.0 Å². The van der Waals surface area contributed by atoms with Crippen LogP contribution < -0.4 is 20.3 Å². The minimum Gasteiger partial charge on any atom is -0.487 e. The maximum Gasteiger partial charge on any atom is 0.229 e. The van der Waals surface area contributed by atoms with Gasteiger partial charge in [0.05, 0.1) is 11.7 Å². The zero-order valence-electron chi connectivity index (χ0n) is 18.1.